The van der Waals surface area contributed by atoms with Gasteiger partial charge in [0.15, 0.2) is 5.82 Å². The summed E-state index contributed by atoms with van der Waals surface area (Å²) in [6.07, 6.45) is 0.966. The van der Waals surface area contributed by atoms with Crippen molar-refractivity contribution < 1.29 is 0 Å². The molecule has 0 bridgehead atoms. The molecule has 0 saturated carbocycles. The highest BCUT2D eigenvalue weighted by Crippen LogP contribution is 2.25. The lowest BCUT2D eigenvalue weighted by Crippen LogP contribution is -2.20. The predicted octanol–water partition coefficient (Wildman–Crippen LogP) is 2.54. The van der Waals surface area contributed by atoms with Crippen LogP contribution in [-0.2, 0) is 0 Å². The fourth-order valence-electron chi connectivity index (χ4n) is 1.86. The summed E-state index contributed by atoms with van der Waals surface area (Å²) in [5.74, 6) is 0.307. The lowest BCUT2D eigenvalue weighted by Gasteiger charge is -2.19. The second-order valence-electron chi connectivity index (χ2n) is 4.42. The van der Waals surface area contributed by atoms with Gasteiger partial charge >= 0.3 is 0 Å². The van der Waals surface area contributed by atoms with Crippen molar-refractivity contribution in [2.75, 3.05) is 36.1 Å². The Morgan fingerprint density at radius 2 is 2.15 bits per heavy atom. The Labute approximate surface area is 122 Å². The van der Waals surface area contributed by atoms with Gasteiger partial charge in [0.2, 0.25) is 0 Å². The number of nitrogens with one attached hydrogen (secondary N) is 1. The van der Waals surface area contributed by atoms with E-state index in [1.807, 2.05) is 18.2 Å². The molecule has 0 fully saturated rings. The first-order valence-electron chi connectivity index (χ1n) is 6.37. The van der Waals surface area contributed by atoms with Crippen molar-refractivity contribution in [3.05, 3.63) is 35.9 Å². The van der Waals surface area contributed by atoms with Crippen molar-refractivity contribution in [1.29, 1.82) is 5.26 Å². The van der Waals surface area contributed by atoms with Crippen LogP contribution in [0.4, 0.5) is 16.5 Å². The van der Waals surface area contributed by atoms with E-state index in [2.05, 4.69) is 39.8 Å². The molecule has 104 valence electrons. The molecule has 0 aliphatic carbocycles. The van der Waals surface area contributed by atoms with Crippen LogP contribution in [0.5, 0.6) is 0 Å². The summed E-state index contributed by atoms with van der Waals surface area (Å²) in [5.41, 5.74) is 7.26. The number of hydrogen-bond donors (Lipinski definition) is 2. The van der Waals surface area contributed by atoms with Gasteiger partial charge in [-0.2, -0.15) is 9.64 Å². The SMILES string of the molecule is CN(CCCNc1snc(N)c1C#N)c1ccccc1. The minimum atomic E-state index is 0.307. The first-order chi connectivity index (χ1) is 9.72. The van der Waals surface area contributed by atoms with E-state index in [0.717, 1.165) is 24.5 Å². The number of nitrogen functional groups attached to an aromatic ring is 1. The predicted molar refractivity (Wildman–Crippen MR) is 84.1 cm³/mol. The summed E-state index contributed by atoms with van der Waals surface area (Å²) in [4.78, 5) is 2.20. The largest absolute Gasteiger partial charge is 0.382 e. The monoisotopic (exact) mass is 287 g/mol. The van der Waals surface area contributed by atoms with Crippen LogP contribution in [0.25, 0.3) is 0 Å². The van der Waals surface area contributed by atoms with Gasteiger partial charge in [-0.25, -0.2) is 0 Å². The number of rotatable bonds is 6. The minimum Gasteiger partial charge on any atom is -0.382 e. The first-order valence-corrected chi connectivity index (χ1v) is 7.15. The van der Waals surface area contributed by atoms with Gasteiger partial charge in [-0.05, 0) is 30.1 Å². The lowest BCUT2D eigenvalue weighted by molar-refractivity contribution is 0.817. The van der Waals surface area contributed by atoms with E-state index in [1.165, 1.54) is 17.2 Å². The van der Waals surface area contributed by atoms with Gasteiger partial charge in [-0.1, -0.05) is 18.2 Å². The molecule has 0 atom stereocenters. The summed E-state index contributed by atoms with van der Waals surface area (Å²) < 4.78 is 3.97. The second kappa shape index (κ2) is 6.78. The second-order valence-corrected chi connectivity index (χ2v) is 5.19. The highest BCUT2D eigenvalue weighted by molar-refractivity contribution is 7.10. The first kappa shape index (κ1) is 14.2. The van der Waals surface area contributed by atoms with Crippen LogP contribution < -0.4 is 16.0 Å². The van der Waals surface area contributed by atoms with E-state index in [-0.39, 0.29) is 0 Å². The van der Waals surface area contributed by atoms with Gasteiger partial charge in [-0.3, -0.25) is 0 Å². The normalized spacial score (nSPS) is 10.0. The van der Waals surface area contributed by atoms with Crippen LogP contribution in [-0.4, -0.2) is 24.5 Å². The lowest BCUT2D eigenvalue weighted by atomic mass is 10.3. The zero-order valence-corrected chi connectivity index (χ0v) is 12.2. The number of anilines is 3. The third-order valence-corrected chi connectivity index (χ3v) is 3.80. The fraction of sp³-hybridized carbons (Fsp3) is 0.286. The summed E-state index contributed by atoms with van der Waals surface area (Å²) >= 11 is 1.23. The molecule has 20 heavy (non-hydrogen) atoms. The van der Waals surface area contributed by atoms with Crippen LogP contribution in [0, 0.1) is 11.3 Å². The Kier molecular flexibility index (Phi) is 4.80. The average Bonchev–Trinajstić information content (AvgIpc) is 2.84. The van der Waals surface area contributed by atoms with Gasteiger partial charge in [0.25, 0.3) is 0 Å². The Bertz CT molecular complexity index is 587. The van der Waals surface area contributed by atoms with Crippen molar-refractivity contribution >= 4 is 28.0 Å². The molecule has 1 aromatic heterocycles. The van der Waals surface area contributed by atoms with E-state index in [1.54, 1.807) is 0 Å². The number of benzene rings is 1. The van der Waals surface area contributed by atoms with E-state index < -0.39 is 0 Å². The van der Waals surface area contributed by atoms with Crippen LogP contribution in [0.3, 0.4) is 0 Å². The molecule has 1 heterocycles. The van der Waals surface area contributed by atoms with E-state index in [0.29, 0.717) is 11.4 Å². The van der Waals surface area contributed by atoms with Crippen molar-refractivity contribution in [3.8, 4) is 6.07 Å². The summed E-state index contributed by atoms with van der Waals surface area (Å²) in [6.45, 7) is 1.72. The number of para-hydroxylation sites is 1. The molecular formula is C14H17N5S. The van der Waals surface area contributed by atoms with E-state index in [9.17, 15) is 0 Å². The molecule has 0 aliphatic rings. The fourth-order valence-corrected chi connectivity index (χ4v) is 2.55. The van der Waals surface area contributed by atoms with Crippen molar-refractivity contribution in [1.82, 2.24) is 4.37 Å². The number of nitriles is 1. The van der Waals surface area contributed by atoms with Crippen molar-refractivity contribution in [2.24, 2.45) is 0 Å². The molecule has 2 aromatic rings. The zero-order chi connectivity index (χ0) is 14.4. The minimum absolute atomic E-state index is 0.307. The van der Waals surface area contributed by atoms with Crippen LogP contribution in [0.15, 0.2) is 30.3 Å². The number of nitrogens with two attached hydrogens (primary N) is 1. The smallest absolute Gasteiger partial charge is 0.157 e. The van der Waals surface area contributed by atoms with E-state index >= 15 is 0 Å². The molecule has 2 rings (SSSR count). The average molecular weight is 287 g/mol. The van der Waals surface area contributed by atoms with Gasteiger partial charge in [0, 0.05) is 25.8 Å². The van der Waals surface area contributed by atoms with Gasteiger partial charge in [0.1, 0.15) is 16.6 Å². The standard InChI is InChI=1S/C14H17N5S/c1-19(11-6-3-2-4-7-11)9-5-8-17-14-12(10-15)13(16)18-20-14/h2-4,6-7,17H,5,8-9H2,1H3,(H2,16,18). The number of aromatic nitrogens is 1. The zero-order valence-electron chi connectivity index (χ0n) is 11.3. The Morgan fingerprint density at radius 3 is 2.85 bits per heavy atom. The third-order valence-electron chi connectivity index (χ3n) is 2.98. The van der Waals surface area contributed by atoms with Crippen molar-refractivity contribution in [3.63, 3.8) is 0 Å². The Morgan fingerprint density at radius 1 is 1.40 bits per heavy atom. The molecule has 0 saturated heterocycles. The van der Waals surface area contributed by atoms with Gasteiger partial charge in [0.05, 0.1) is 0 Å². The molecule has 5 nitrogen and oxygen atoms in total. The number of nitrogens with zero attached hydrogens (tertiary/aromatic N) is 3. The molecule has 1 aromatic carbocycles. The van der Waals surface area contributed by atoms with E-state index in [4.69, 9.17) is 11.0 Å². The molecule has 0 aliphatic heterocycles. The number of hydrogen-bond acceptors (Lipinski definition) is 6. The maximum atomic E-state index is 8.97. The summed E-state index contributed by atoms with van der Waals surface area (Å²) in [6, 6.07) is 12.3. The van der Waals surface area contributed by atoms with Gasteiger partial charge < -0.3 is 16.0 Å². The molecular weight excluding hydrogens is 270 g/mol. The maximum Gasteiger partial charge on any atom is 0.157 e. The third kappa shape index (κ3) is 3.39. The highest BCUT2D eigenvalue weighted by Gasteiger charge is 2.09. The summed E-state index contributed by atoms with van der Waals surface area (Å²) in [5, 5.41) is 12.9. The molecule has 0 unspecified atom stereocenters. The van der Waals surface area contributed by atoms with Crippen LogP contribution >= 0.6 is 11.5 Å². The molecule has 6 heteroatoms. The topological polar surface area (TPSA) is 78.0 Å². The Balaban J connectivity index is 1.78. The van der Waals surface area contributed by atoms with Crippen molar-refractivity contribution in [2.45, 2.75) is 6.42 Å². The molecule has 0 amide bonds. The quantitative estimate of drug-likeness (QED) is 0.798. The highest BCUT2D eigenvalue weighted by atomic mass is 32.1. The Hall–Kier alpha value is -2.26. The summed E-state index contributed by atoms with van der Waals surface area (Å²) in [7, 11) is 2.07. The van der Waals surface area contributed by atoms with Gasteiger partial charge in [-0.15, -0.1) is 0 Å². The molecule has 0 spiro atoms. The van der Waals surface area contributed by atoms with Crippen LogP contribution in [0.1, 0.15) is 12.0 Å². The molecule has 3 N–H and O–H groups in total. The maximum absolute atomic E-state index is 8.97. The molecule has 0 radical (unpaired) electrons. The van der Waals surface area contributed by atoms with Crippen LogP contribution in [0.2, 0.25) is 0 Å².